The SMILES string of the molecule is Nc1ccc(N2CCN(C(=O)/C=C/c3cccc(F)c3)CC2)cc1. The Morgan fingerprint density at radius 2 is 1.75 bits per heavy atom. The molecule has 0 spiro atoms. The molecule has 0 atom stereocenters. The number of hydrogen-bond donors (Lipinski definition) is 1. The van der Waals surface area contributed by atoms with Crippen molar-refractivity contribution in [2.45, 2.75) is 0 Å². The average molecular weight is 325 g/mol. The van der Waals surface area contributed by atoms with Gasteiger partial charge in [0.05, 0.1) is 0 Å². The summed E-state index contributed by atoms with van der Waals surface area (Å²) >= 11 is 0. The van der Waals surface area contributed by atoms with Crippen LogP contribution in [0.25, 0.3) is 6.08 Å². The van der Waals surface area contributed by atoms with Crippen molar-refractivity contribution in [1.82, 2.24) is 4.90 Å². The number of benzene rings is 2. The third-order valence-electron chi connectivity index (χ3n) is 4.12. The number of anilines is 2. The Hall–Kier alpha value is -2.82. The molecule has 1 amide bonds. The Bertz CT molecular complexity index is 735. The van der Waals surface area contributed by atoms with Gasteiger partial charge in [-0.25, -0.2) is 4.39 Å². The highest BCUT2D eigenvalue weighted by Gasteiger charge is 2.19. The molecule has 0 aromatic heterocycles. The highest BCUT2D eigenvalue weighted by Crippen LogP contribution is 2.18. The average Bonchev–Trinajstić information content (AvgIpc) is 2.61. The zero-order chi connectivity index (χ0) is 16.9. The van der Waals surface area contributed by atoms with Gasteiger partial charge >= 0.3 is 0 Å². The molecule has 2 aromatic rings. The minimum absolute atomic E-state index is 0.0452. The number of hydrogen-bond acceptors (Lipinski definition) is 3. The maximum absolute atomic E-state index is 13.1. The maximum atomic E-state index is 13.1. The fraction of sp³-hybridized carbons (Fsp3) is 0.211. The van der Waals surface area contributed by atoms with Crippen LogP contribution in [0.1, 0.15) is 5.56 Å². The van der Waals surface area contributed by atoms with E-state index in [2.05, 4.69) is 4.90 Å². The van der Waals surface area contributed by atoms with Crippen molar-refractivity contribution in [3.05, 3.63) is 66.0 Å². The van der Waals surface area contributed by atoms with E-state index in [0.29, 0.717) is 18.7 Å². The molecule has 4 nitrogen and oxygen atoms in total. The van der Waals surface area contributed by atoms with Crippen LogP contribution < -0.4 is 10.6 Å². The predicted molar refractivity (Wildman–Crippen MR) is 95.1 cm³/mol. The Morgan fingerprint density at radius 3 is 2.42 bits per heavy atom. The summed E-state index contributed by atoms with van der Waals surface area (Å²) in [5, 5.41) is 0. The van der Waals surface area contributed by atoms with E-state index >= 15 is 0 Å². The lowest BCUT2D eigenvalue weighted by Crippen LogP contribution is -2.48. The second kappa shape index (κ2) is 7.17. The number of halogens is 1. The number of carbonyl (C=O) groups excluding carboxylic acids is 1. The minimum atomic E-state index is -0.304. The lowest BCUT2D eigenvalue weighted by atomic mass is 10.2. The van der Waals surface area contributed by atoms with Gasteiger partial charge in [-0.3, -0.25) is 4.79 Å². The number of carbonyl (C=O) groups is 1. The number of amides is 1. The van der Waals surface area contributed by atoms with E-state index in [9.17, 15) is 9.18 Å². The molecule has 3 rings (SSSR count). The van der Waals surface area contributed by atoms with E-state index in [1.807, 2.05) is 29.2 Å². The molecule has 5 heteroatoms. The summed E-state index contributed by atoms with van der Waals surface area (Å²) in [5.41, 5.74) is 8.25. The fourth-order valence-corrected chi connectivity index (χ4v) is 2.75. The topological polar surface area (TPSA) is 49.6 Å². The number of nitrogens with zero attached hydrogens (tertiary/aromatic N) is 2. The Morgan fingerprint density at radius 1 is 1.04 bits per heavy atom. The lowest BCUT2D eigenvalue weighted by molar-refractivity contribution is -0.126. The number of nitrogen functional groups attached to an aromatic ring is 1. The van der Waals surface area contributed by atoms with Gasteiger partial charge in [-0.15, -0.1) is 0 Å². The van der Waals surface area contributed by atoms with Crippen molar-refractivity contribution in [2.24, 2.45) is 0 Å². The normalized spacial score (nSPS) is 15.0. The van der Waals surface area contributed by atoms with E-state index in [4.69, 9.17) is 5.73 Å². The Kier molecular flexibility index (Phi) is 4.79. The molecule has 1 aliphatic heterocycles. The van der Waals surface area contributed by atoms with Crippen LogP contribution in [-0.4, -0.2) is 37.0 Å². The van der Waals surface area contributed by atoms with Gasteiger partial charge < -0.3 is 15.5 Å². The summed E-state index contributed by atoms with van der Waals surface area (Å²) in [6.07, 6.45) is 3.16. The molecule has 0 bridgehead atoms. The van der Waals surface area contributed by atoms with Crippen LogP contribution in [0.2, 0.25) is 0 Å². The van der Waals surface area contributed by atoms with Gasteiger partial charge in [0.25, 0.3) is 0 Å². The Labute approximate surface area is 141 Å². The molecule has 0 aliphatic carbocycles. The number of nitrogens with two attached hydrogens (primary N) is 1. The molecule has 1 aliphatic rings. The molecule has 0 unspecified atom stereocenters. The van der Waals surface area contributed by atoms with Gasteiger partial charge in [0.1, 0.15) is 5.82 Å². The third kappa shape index (κ3) is 3.93. The molecule has 1 saturated heterocycles. The fourth-order valence-electron chi connectivity index (χ4n) is 2.75. The molecule has 0 radical (unpaired) electrons. The molecule has 1 heterocycles. The van der Waals surface area contributed by atoms with Gasteiger partial charge in [-0.1, -0.05) is 12.1 Å². The third-order valence-corrected chi connectivity index (χ3v) is 4.12. The van der Waals surface area contributed by atoms with Gasteiger partial charge in [-0.2, -0.15) is 0 Å². The van der Waals surface area contributed by atoms with Crippen molar-refractivity contribution in [3.8, 4) is 0 Å². The van der Waals surface area contributed by atoms with E-state index in [-0.39, 0.29) is 11.7 Å². The van der Waals surface area contributed by atoms with Crippen molar-refractivity contribution >= 4 is 23.4 Å². The first kappa shape index (κ1) is 16.1. The van der Waals surface area contributed by atoms with Crippen LogP contribution >= 0.6 is 0 Å². The monoisotopic (exact) mass is 325 g/mol. The number of piperazine rings is 1. The van der Waals surface area contributed by atoms with Crippen molar-refractivity contribution in [3.63, 3.8) is 0 Å². The quantitative estimate of drug-likeness (QED) is 0.697. The predicted octanol–water partition coefficient (Wildman–Crippen LogP) is 2.77. The van der Waals surface area contributed by atoms with E-state index in [0.717, 1.165) is 24.5 Å². The smallest absolute Gasteiger partial charge is 0.246 e. The first-order valence-electron chi connectivity index (χ1n) is 7.95. The van der Waals surface area contributed by atoms with Crippen molar-refractivity contribution < 1.29 is 9.18 Å². The van der Waals surface area contributed by atoms with Gasteiger partial charge in [0.2, 0.25) is 5.91 Å². The van der Waals surface area contributed by atoms with Crippen LogP contribution in [0.4, 0.5) is 15.8 Å². The van der Waals surface area contributed by atoms with Crippen LogP contribution in [0.15, 0.2) is 54.6 Å². The molecule has 1 fully saturated rings. The molecule has 24 heavy (non-hydrogen) atoms. The van der Waals surface area contributed by atoms with Crippen molar-refractivity contribution in [2.75, 3.05) is 36.8 Å². The standard InChI is InChI=1S/C19H20FN3O/c20-16-3-1-2-15(14-16)4-9-19(24)23-12-10-22(11-13-23)18-7-5-17(21)6-8-18/h1-9,14H,10-13,21H2/b9-4+. The highest BCUT2D eigenvalue weighted by molar-refractivity contribution is 5.92. The summed E-state index contributed by atoms with van der Waals surface area (Å²) in [6, 6.07) is 14.0. The number of rotatable bonds is 3. The summed E-state index contributed by atoms with van der Waals surface area (Å²) in [7, 11) is 0. The molecule has 124 valence electrons. The second-order valence-corrected chi connectivity index (χ2v) is 5.79. The summed E-state index contributed by atoms with van der Waals surface area (Å²) in [4.78, 5) is 16.3. The first-order chi connectivity index (χ1) is 11.6. The zero-order valence-electron chi connectivity index (χ0n) is 13.4. The van der Waals surface area contributed by atoms with Crippen LogP contribution in [-0.2, 0) is 4.79 Å². The maximum Gasteiger partial charge on any atom is 0.246 e. The molecular weight excluding hydrogens is 305 g/mol. The molecule has 2 N–H and O–H groups in total. The van der Waals surface area contributed by atoms with E-state index in [1.165, 1.54) is 18.2 Å². The first-order valence-corrected chi connectivity index (χ1v) is 7.95. The van der Waals surface area contributed by atoms with Gasteiger partial charge in [-0.05, 0) is 48.0 Å². The molecule has 2 aromatic carbocycles. The molecule has 0 saturated carbocycles. The molecular formula is C19H20FN3O. The summed E-state index contributed by atoms with van der Waals surface area (Å²) in [6.45, 7) is 2.89. The van der Waals surface area contributed by atoms with Crippen molar-refractivity contribution in [1.29, 1.82) is 0 Å². The summed E-state index contributed by atoms with van der Waals surface area (Å²) < 4.78 is 13.1. The van der Waals surface area contributed by atoms with Crippen LogP contribution in [0, 0.1) is 5.82 Å². The van der Waals surface area contributed by atoms with Crippen LogP contribution in [0.3, 0.4) is 0 Å². The van der Waals surface area contributed by atoms with E-state index in [1.54, 1.807) is 18.2 Å². The second-order valence-electron chi connectivity index (χ2n) is 5.79. The Balaban J connectivity index is 1.56. The van der Waals surface area contributed by atoms with Crippen LogP contribution in [0.5, 0.6) is 0 Å². The van der Waals surface area contributed by atoms with E-state index < -0.39 is 0 Å². The zero-order valence-corrected chi connectivity index (χ0v) is 13.4. The van der Waals surface area contributed by atoms with Gasteiger partial charge in [0.15, 0.2) is 0 Å². The highest BCUT2D eigenvalue weighted by atomic mass is 19.1. The largest absolute Gasteiger partial charge is 0.399 e. The summed E-state index contributed by atoms with van der Waals surface area (Å²) in [5.74, 6) is -0.349. The van der Waals surface area contributed by atoms with Gasteiger partial charge in [0, 0.05) is 43.6 Å². The minimum Gasteiger partial charge on any atom is -0.399 e. The lowest BCUT2D eigenvalue weighted by Gasteiger charge is -2.35.